The second-order valence-corrected chi connectivity index (χ2v) is 5.78. The molecule has 18 heavy (non-hydrogen) atoms. The Morgan fingerprint density at radius 2 is 1.61 bits per heavy atom. The van der Waals surface area contributed by atoms with E-state index in [4.69, 9.17) is 11.5 Å². The highest BCUT2D eigenvalue weighted by Gasteiger charge is 2.23. The lowest BCUT2D eigenvalue weighted by Crippen LogP contribution is -2.21. The smallest absolute Gasteiger partial charge is 0.0373 e. The summed E-state index contributed by atoms with van der Waals surface area (Å²) in [6, 6.07) is 4.33. The van der Waals surface area contributed by atoms with Gasteiger partial charge in [0.25, 0.3) is 0 Å². The molecule has 2 heteroatoms. The van der Waals surface area contributed by atoms with Crippen LogP contribution >= 0.6 is 0 Å². The number of anilines is 1. The highest BCUT2D eigenvalue weighted by molar-refractivity contribution is 5.73. The van der Waals surface area contributed by atoms with Gasteiger partial charge < -0.3 is 11.5 Å². The molecule has 0 saturated heterocycles. The van der Waals surface area contributed by atoms with E-state index in [1.807, 2.05) is 0 Å². The van der Waals surface area contributed by atoms with Crippen molar-refractivity contribution in [3.8, 4) is 0 Å². The Morgan fingerprint density at radius 3 is 2.11 bits per heavy atom. The third-order valence-electron chi connectivity index (χ3n) is 3.79. The van der Waals surface area contributed by atoms with Crippen LogP contribution in [-0.4, -0.2) is 0 Å². The summed E-state index contributed by atoms with van der Waals surface area (Å²) in [6.07, 6.45) is 5.29. The molecule has 96 valence electrons. The molecule has 0 bridgehead atoms. The van der Waals surface area contributed by atoms with Crippen LogP contribution in [0.15, 0.2) is 30.0 Å². The number of allylic oxidation sites excluding steroid dienone is 3. The first-order chi connectivity index (χ1) is 8.31. The van der Waals surface area contributed by atoms with Gasteiger partial charge in [-0.05, 0) is 54.7 Å². The van der Waals surface area contributed by atoms with Crippen molar-refractivity contribution in [2.45, 2.75) is 34.1 Å². The number of nitrogen functional groups attached to an aromatic ring is 1. The summed E-state index contributed by atoms with van der Waals surface area (Å²) < 4.78 is 0. The maximum Gasteiger partial charge on any atom is 0.0373 e. The van der Waals surface area contributed by atoms with Gasteiger partial charge >= 0.3 is 0 Å². The van der Waals surface area contributed by atoms with Crippen LogP contribution in [0, 0.1) is 19.3 Å². The van der Waals surface area contributed by atoms with E-state index in [2.05, 4.69) is 52.0 Å². The van der Waals surface area contributed by atoms with E-state index < -0.39 is 0 Å². The number of hydrogen-bond donors (Lipinski definition) is 2. The zero-order chi connectivity index (χ0) is 13.5. The minimum absolute atomic E-state index is 0.0588. The molecule has 0 aromatic heterocycles. The lowest BCUT2D eigenvalue weighted by Gasteiger charge is -2.27. The Balaban J connectivity index is 2.46. The number of rotatable bonds is 1. The topological polar surface area (TPSA) is 52.0 Å². The molecule has 0 amide bonds. The van der Waals surface area contributed by atoms with E-state index in [9.17, 15) is 0 Å². The SMILES string of the molecule is Cc1cc(C2=CC(C)(C)C(N)=CC2)cc(C)c1N. The minimum atomic E-state index is -0.0588. The van der Waals surface area contributed by atoms with Crippen molar-refractivity contribution >= 4 is 11.3 Å². The van der Waals surface area contributed by atoms with E-state index in [1.54, 1.807) is 0 Å². The summed E-state index contributed by atoms with van der Waals surface area (Å²) in [5, 5.41) is 0. The molecular formula is C16H22N2. The Labute approximate surface area is 109 Å². The first-order valence-corrected chi connectivity index (χ1v) is 6.36. The molecule has 1 aromatic rings. The molecule has 1 aliphatic carbocycles. The monoisotopic (exact) mass is 242 g/mol. The van der Waals surface area contributed by atoms with Crippen molar-refractivity contribution in [3.05, 3.63) is 46.7 Å². The Morgan fingerprint density at radius 1 is 1.06 bits per heavy atom. The molecule has 1 aliphatic rings. The number of aryl methyl sites for hydroxylation is 2. The van der Waals surface area contributed by atoms with Crippen molar-refractivity contribution in [3.63, 3.8) is 0 Å². The fourth-order valence-electron chi connectivity index (χ4n) is 2.42. The van der Waals surface area contributed by atoms with Crippen molar-refractivity contribution in [1.82, 2.24) is 0 Å². The van der Waals surface area contributed by atoms with Crippen LogP contribution in [0.2, 0.25) is 0 Å². The molecule has 4 N–H and O–H groups in total. The highest BCUT2D eigenvalue weighted by atomic mass is 14.6. The van der Waals surface area contributed by atoms with Gasteiger partial charge in [-0.15, -0.1) is 0 Å². The van der Waals surface area contributed by atoms with E-state index in [-0.39, 0.29) is 5.41 Å². The molecule has 0 aliphatic heterocycles. The maximum atomic E-state index is 6.03. The van der Waals surface area contributed by atoms with Crippen LogP contribution in [-0.2, 0) is 0 Å². The quantitative estimate of drug-likeness (QED) is 0.740. The summed E-state index contributed by atoms with van der Waals surface area (Å²) in [7, 11) is 0. The molecule has 0 fully saturated rings. The van der Waals surface area contributed by atoms with E-state index in [1.165, 1.54) is 11.1 Å². The van der Waals surface area contributed by atoms with Crippen molar-refractivity contribution in [2.75, 3.05) is 5.73 Å². The average Bonchev–Trinajstić information content (AvgIpc) is 2.29. The van der Waals surface area contributed by atoms with Gasteiger partial charge in [-0.25, -0.2) is 0 Å². The molecule has 0 atom stereocenters. The van der Waals surface area contributed by atoms with Crippen LogP contribution in [0.25, 0.3) is 5.57 Å². The largest absolute Gasteiger partial charge is 0.402 e. The van der Waals surface area contributed by atoms with E-state index in [0.29, 0.717) is 0 Å². The molecule has 2 rings (SSSR count). The summed E-state index contributed by atoms with van der Waals surface area (Å²) in [4.78, 5) is 0. The van der Waals surface area contributed by atoms with Gasteiger partial charge in [-0.2, -0.15) is 0 Å². The summed E-state index contributed by atoms with van der Waals surface area (Å²) in [5.74, 6) is 0. The fourth-order valence-corrected chi connectivity index (χ4v) is 2.42. The van der Waals surface area contributed by atoms with Gasteiger partial charge in [0.15, 0.2) is 0 Å². The molecule has 0 saturated carbocycles. The predicted octanol–water partition coefficient (Wildman–Crippen LogP) is 3.54. The zero-order valence-electron chi connectivity index (χ0n) is 11.7. The molecule has 0 heterocycles. The molecule has 2 nitrogen and oxygen atoms in total. The van der Waals surface area contributed by atoms with Crippen LogP contribution in [0.3, 0.4) is 0 Å². The summed E-state index contributed by atoms with van der Waals surface area (Å²) in [6.45, 7) is 8.42. The fraction of sp³-hybridized carbons (Fsp3) is 0.375. The standard InChI is InChI=1S/C16H22N2/c1-10-7-13(8-11(2)15(10)18)12-5-6-14(17)16(3,4)9-12/h6-9H,5,17-18H2,1-4H3. The Hall–Kier alpha value is -1.70. The van der Waals surface area contributed by atoms with Gasteiger partial charge in [-0.3, -0.25) is 0 Å². The lowest BCUT2D eigenvalue weighted by atomic mass is 9.80. The van der Waals surface area contributed by atoms with Gasteiger partial charge in [0, 0.05) is 16.8 Å². The van der Waals surface area contributed by atoms with Crippen LogP contribution in [0.4, 0.5) is 5.69 Å². The molecule has 0 spiro atoms. The number of hydrogen-bond acceptors (Lipinski definition) is 2. The van der Waals surface area contributed by atoms with Crippen molar-refractivity contribution in [1.29, 1.82) is 0 Å². The first kappa shape index (κ1) is 12.7. The third-order valence-corrected chi connectivity index (χ3v) is 3.79. The van der Waals surface area contributed by atoms with E-state index >= 15 is 0 Å². The molecule has 0 unspecified atom stereocenters. The number of nitrogens with two attached hydrogens (primary N) is 2. The zero-order valence-corrected chi connectivity index (χ0v) is 11.7. The summed E-state index contributed by atoms with van der Waals surface area (Å²) in [5.41, 5.74) is 18.7. The van der Waals surface area contributed by atoms with Crippen molar-refractivity contribution < 1.29 is 0 Å². The molecule has 1 aromatic carbocycles. The predicted molar refractivity (Wildman–Crippen MR) is 79.0 cm³/mol. The number of benzene rings is 1. The van der Waals surface area contributed by atoms with Gasteiger partial charge in [-0.1, -0.05) is 26.0 Å². The Kier molecular flexibility index (Phi) is 2.97. The summed E-state index contributed by atoms with van der Waals surface area (Å²) >= 11 is 0. The van der Waals surface area contributed by atoms with E-state index in [0.717, 1.165) is 28.9 Å². The molecule has 0 radical (unpaired) electrons. The second-order valence-electron chi connectivity index (χ2n) is 5.78. The van der Waals surface area contributed by atoms with Gasteiger partial charge in [0.1, 0.15) is 0 Å². The first-order valence-electron chi connectivity index (χ1n) is 6.36. The minimum Gasteiger partial charge on any atom is -0.402 e. The Bertz CT molecular complexity index is 525. The normalized spacial score (nSPS) is 18.2. The van der Waals surface area contributed by atoms with Crippen molar-refractivity contribution in [2.24, 2.45) is 11.1 Å². The van der Waals surface area contributed by atoms with Gasteiger partial charge in [0.05, 0.1) is 0 Å². The second kappa shape index (κ2) is 4.20. The van der Waals surface area contributed by atoms with Crippen LogP contribution < -0.4 is 11.5 Å². The maximum absolute atomic E-state index is 6.03. The average molecular weight is 242 g/mol. The van der Waals surface area contributed by atoms with Crippen LogP contribution in [0.1, 0.15) is 37.0 Å². The lowest BCUT2D eigenvalue weighted by molar-refractivity contribution is 0.563. The molecular weight excluding hydrogens is 220 g/mol. The third kappa shape index (κ3) is 2.15. The van der Waals surface area contributed by atoms with Crippen LogP contribution in [0.5, 0.6) is 0 Å². The highest BCUT2D eigenvalue weighted by Crippen LogP contribution is 2.36. The van der Waals surface area contributed by atoms with Gasteiger partial charge in [0.2, 0.25) is 0 Å².